The molecule has 0 bridgehead atoms. The number of hydrogen-bond acceptors (Lipinski definition) is 2. The van der Waals surface area contributed by atoms with Crippen LogP contribution >= 0.6 is 11.6 Å². The molecular formula is C18H22ClNO. The van der Waals surface area contributed by atoms with E-state index in [2.05, 4.69) is 38.2 Å². The molecule has 112 valence electrons. The van der Waals surface area contributed by atoms with Crippen molar-refractivity contribution in [2.24, 2.45) is 0 Å². The van der Waals surface area contributed by atoms with Crippen molar-refractivity contribution in [2.45, 2.75) is 32.7 Å². The van der Waals surface area contributed by atoms with Gasteiger partial charge in [0.25, 0.3) is 0 Å². The van der Waals surface area contributed by atoms with E-state index in [-0.39, 0.29) is 5.41 Å². The van der Waals surface area contributed by atoms with Crippen molar-refractivity contribution in [3.63, 3.8) is 0 Å². The molecule has 1 N–H and O–H groups in total. The van der Waals surface area contributed by atoms with Crippen molar-refractivity contribution in [1.82, 2.24) is 5.32 Å². The van der Waals surface area contributed by atoms with Crippen molar-refractivity contribution >= 4 is 11.6 Å². The van der Waals surface area contributed by atoms with Gasteiger partial charge in [-0.2, -0.15) is 0 Å². The fourth-order valence-corrected chi connectivity index (χ4v) is 2.32. The Labute approximate surface area is 132 Å². The monoisotopic (exact) mass is 303 g/mol. The summed E-state index contributed by atoms with van der Waals surface area (Å²) >= 11 is 6.24. The van der Waals surface area contributed by atoms with Crippen molar-refractivity contribution in [3.8, 4) is 11.5 Å². The van der Waals surface area contributed by atoms with Crippen LogP contribution in [0.4, 0.5) is 0 Å². The fraction of sp³-hybridized carbons (Fsp3) is 0.333. The van der Waals surface area contributed by atoms with Crippen molar-refractivity contribution in [2.75, 3.05) is 7.05 Å². The zero-order valence-corrected chi connectivity index (χ0v) is 13.8. The normalized spacial score (nSPS) is 11.5. The first kappa shape index (κ1) is 15.9. The number of ether oxygens (including phenoxy) is 1. The minimum Gasteiger partial charge on any atom is -0.457 e. The maximum absolute atomic E-state index is 6.24. The van der Waals surface area contributed by atoms with Crippen molar-refractivity contribution in [3.05, 3.63) is 58.6 Å². The highest BCUT2D eigenvalue weighted by atomic mass is 35.5. The second-order valence-corrected chi connectivity index (χ2v) is 6.57. The van der Waals surface area contributed by atoms with E-state index in [9.17, 15) is 0 Å². The summed E-state index contributed by atoms with van der Waals surface area (Å²) < 4.78 is 5.86. The molecule has 0 fully saturated rings. The Balaban J connectivity index is 2.13. The molecule has 0 aliphatic carbocycles. The molecule has 0 aromatic heterocycles. The van der Waals surface area contributed by atoms with Crippen LogP contribution in [0.15, 0.2) is 42.5 Å². The summed E-state index contributed by atoms with van der Waals surface area (Å²) in [4.78, 5) is 0. The van der Waals surface area contributed by atoms with Gasteiger partial charge < -0.3 is 10.1 Å². The lowest BCUT2D eigenvalue weighted by atomic mass is 9.87. The summed E-state index contributed by atoms with van der Waals surface area (Å²) in [6.07, 6.45) is 0. The highest BCUT2D eigenvalue weighted by Crippen LogP contribution is 2.29. The lowest BCUT2D eigenvalue weighted by Crippen LogP contribution is -2.10. The Morgan fingerprint density at radius 2 is 1.62 bits per heavy atom. The van der Waals surface area contributed by atoms with Gasteiger partial charge in [-0.05, 0) is 47.9 Å². The van der Waals surface area contributed by atoms with E-state index in [1.54, 1.807) is 0 Å². The van der Waals surface area contributed by atoms with Gasteiger partial charge in [-0.1, -0.05) is 50.6 Å². The zero-order chi connectivity index (χ0) is 15.5. The van der Waals surface area contributed by atoms with Gasteiger partial charge in [0.2, 0.25) is 0 Å². The standard InChI is InChI=1S/C18H22ClNO/c1-18(2,3)14-6-9-15(10-7-14)21-16-8-5-13(12-20-4)17(19)11-16/h5-11,20H,12H2,1-4H3. The van der Waals surface area contributed by atoms with Crippen molar-refractivity contribution < 1.29 is 4.74 Å². The van der Waals surface area contributed by atoms with Crippen LogP contribution in [0, 0.1) is 0 Å². The molecule has 0 aliphatic heterocycles. The van der Waals surface area contributed by atoms with Gasteiger partial charge in [0.15, 0.2) is 0 Å². The number of halogens is 1. The Morgan fingerprint density at radius 1 is 1.00 bits per heavy atom. The van der Waals surface area contributed by atoms with Gasteiger partial charge in [0.1, 0.15) is 11.5 Å². The molecule has 0 saturated carbocycles. The number of hydrogen-bond donors (Lipinski definition) is 1. The molecule has 0 saturated heterocycles. The average Bonchev–Trinajstić information content (AvgIpc) is 2.42. The van der Waals surface area contributed by atoms with E-state index < -0.39 is 0 Å². The first-order valence-electron chi connectivity index (χ1n) is 7.11. The minimum atomic E-state index is 0.149. The van der Waals surface area contributed by atoms with Crippen LogP contribution in [0.25, 0.3) is 0 Å². The van der Waals surface area contributed by atoms with Crippen LogP contribution in [0.2, 0.25) is 5.02 Å². The molecule has 2 aromatic carbocycles. The maximum atomic E-state index is 6.24. The van der Waals surface area contributed by atoms with Crippen LogP contribution in [-0.4, -0.2) is 7.05 Å². The predicted octanol–water partition coefficient (Wildman–Crippen LogP) is 5.15. The quantitative estimate of drug-likeness (QED) is 0.843. The van der Waals surface area contributed by atoms with E-state index >= 15 is 0 Å². The van der Waals surface area contributed by atoms with Crippen molar-refractivity contribution in [1.29, 1.82) is 0 Å². The fourth-order valence-electron chi connectivity index (χ4n) is 2.08. The van der Waals surface area contributed by atoms with Gasteiger partial charge in [-0.25, -0.2) is 0 Å². The number of benzene rings is 2. The highest BCUT2D eigenvalue weighted by Gasteiger charge is 2.13. The van der Waals surface area contributed by atoms with Gasteiger partial charge in [0.05, 0.1) is 0 Å². The Hall–Kier alpha value is -1.51. The minimum absolute atomic E-state index is 0.149. The molecule has 2 aromatic rings. The van der Waals surface area contributed by atoms with Crippen LogP contribution in [0.3, 0.4) is 0 Å². The molecule has 0 heterocycles. The van der Waals surface area contributed by atoms with E-state index in [0.29, 0.717) is 5.02 Å². The first-order chi connectivity index (χ1) is 9.90. The Morgan fingerprint density at radius 3 is 2.14 bits per heavy atom. The topological polar surface area (TPSA) is 21.3 Å². The number of nitrogens with one attached hydrogen (secondary N) is 1. The lowest BCUT2D eigenvalue weighted by Gasteiger charge is -2.19. The summed E-state index contributed by atoms with van der Waals surface area (Å²) in [5.74, 6) is 1.57. The highest BCUT2D eigenvalue weighted by molar-refractivity contribution is 6.31. The Kier molecular flexibility index (Phi) is 4.92. The van der Waals surface area contributed by atoms with Crippen LogP contribution in [-0.2, 0) is 12.0 Å². The van der Waals surface area contributed by atoms with Crippen LogP contribution in [0.1, 0.15) is 31.9 Å². The maximum Gasteiger partial charge on any atom is 0.128 e. The van der Waals surface area contributed by atoms with Crippen LogP contribution < -0.4 is 10.1 Å². The largest absolute Gasteiger partial charge is 0.457 e. The van der Waals surface area contributed by atoms with E-state index in [4.69, 9.17) is 16.3 Å². The summed E-state index contributed by atoms with van der Waals surface area (Å²) in [6, 6.07) is 14.0. The molecule has 2 nitrogen and oxygen atoms in total. The molecule has 0 spiro atoms. The van der Waals surface area contributed by atoms with Gasteiger partial charge in [-0.3, -0.25) is 0 Å². The predicted molar refractivity (Wildman–Crippen MR) is 89.4 cm³/mol. The van der Waals surface area contributed by atoms with E-state index in [0.717, 1.165) is 23.6 Å². The second kappa shape index (κ2) is 6.50. The van der Waals surface area contributed by atoms with Crippen LogP contribution in [0.5, 0.6) is 11.5 Å². The molecule has 0 aliphatic rings. The summed E-state index contributed by atoms with van der Waals surface area (Å²) in [6.45, 7) is 7.34. The summed E-state index contributed by atoms with van der Waals surface area (Å²) in [5, 5.41) is 3.80. The molecular weight excluding hydrogens is 282 g/mol. The lowest BCUT2D eigenvalue weighted by molar-refractivity contribution is 0.481. The third-order valence-electron chi connectivity index (χ3n) is 3.35. The smallest absolute Gasteiger partial charge is 0.128 e. The molecule has 0 unspecified atom stereocenters. The Bertz CT molecular complexity index is 600. The molecule has 0 atom stereocenters. The summed E-state index contributed by atoms with van der Waals surface area (Å²) in [5.41, 5.74) is 2.50. The first-order valence-corrected chi connectivity index (χ1v) is 7.49. The zero-order valence-electron chi connectivity index (χ0n) is 13.0. The molecule has 21 heavy (non-hydrogen) atoms. The van der Waals surface area contributed by atoms with Gasteiger partial charge in [-0.15, -0.1) is 0 Å². The van der Waals surface area contributed by atoms with E-state index in [1.165, 1.54) is 5.56 Å². The SMILES string of the molecule is CNCc1ccc(Oc2ccc(C(C)(C)C)cc2)cc1Cl. The van der Waals surface area contributed by atoms with Gasteiger partial charge >= 0.3 is 0 Å². The molecule has 2 rings (SSSR count). The average molecular weight is 304 g/mol. The third-order valence-corrected chi connectivity index (χ3v) is 3.70. The molecule has 0 amide bonds. The molecule has 3 heteroatoms. The third kappa shape index (κ3) is 4.23. The second-order valence-electron chi connectivity index (χ2n) is 6.16. The van der Waals surface area contributed by atoms with Gasteiger partial charge in [0, 0.05) is 11.6 Å². The van der Waals surface area contributed by atoms with E-state index in [1.807, 2.05) is 37.4 Å². The molecule has 0 radical (unpaired) electrons. The number of rotatable bonds is 4. The summed E-state index contributed by atoms with van der Waals surface area (Å²) in [7, 11) is 1.90.